The minimum absolute atomic E-state index is 0.0281. The summed E-state index contributed by atoms with van der Waals surface area (Å²) in [5.74, 6) is -0.251. The van der Waals surface area contributed by atoms with E-state index in [4.69, 9.17) is 0 Å². The molecule has 0 saturated heterocycles. The third-order valence-corrected chi connectivity index (χ3v) is 2.64. The molecule has 0 bridgehead atoms. The van der Waals surface area contributed by atoms with E-state index in [-0.39, 0.29) is 11.6 Å². The van der Waals surface area contributed by atoms with E-state index in [0.717, 1.165) is 5.56 Å². The van der Waals surface area contributed by atoms with E-state index in [1.165, 1.54) is 24.3 Å². The summed E-state index contributed by atoms with van der Waals surface area (Å²) in [4.78, 5) is 21.8. The van der Waals surface area contributed by atoms with E-state index >= 15 is 0 Å². The lowest BCUT2D eigenvalue weighted by Gasteiger charge is -2.05. The number of hydrogen-bond acceptors (Lipinski definition) is 3. The van der Waals surface area contributed by atoms with E-state index in [2.05, 4.69) is 5.32 Å². The summed E-state index contributed by atoms with van der Waals surface area (Å²) in [6, 6.07) is 15.0. The summed E-state index contributed by atoms with van der Waals surface area (Å²) < 4.78 is 0. The van der Waals surface area contributed by atoms with Gasteiger partial charge in [-0.05, 0) is 17.7 Å². The van der Waals surface area contributed by atoms with Crippen molar-refractivity contribution in [2.24, 2.45) is 0 Å². The molecule has 0 aliphatic rings. The maximum absolute atomic E-state index is 11.8. The predicted molar refractivity (Wildman–Crippen MR) is 70.7 cm³/mol. The van der Waals surface area contributed by atoms with Crippen molar-refractivity contribution < 1.29 is 9.72 Å². The monoisotopic (exact) mass is 256 g/mol. The largest absolute Gasteiger partial charge is 0.348 e. The van der Waals surface area contributed by atoms with Crippen LogP contribution < -0.4 is 5.32 Å². The Balaban J connectivity index is 1.98. The molecule has 5 heteroatoms. The summed E-state index contributed by atoms with van der Waals surface area (Å²) in [5.41, 5.74) is 1.37. The van der Waals surface area contributed by atoms with Crippen molar-refractivity contribution in [2.75, 3.05) is 0 Å². The molecular formula is C14H12N2O3. The van der Waals surface area contributed by atoms with Crippen LogP contribution >= 0.6 is 0 Å². The molecule has 96 valence electrons. The van der Waals surface area contributed by atoms with E-state index in [1.54, 1.807) is 0 Å². The van der Waals surface area contributed by atoms with Crippen LogP contribution in [0.5, 0.6) is 0 Å². The fraction of sp³-hybridized carbons (Fsp3) is 0.0714. The third-order valence-electron chi connectivity index (χ3n) is 2.64. The fourth-order valence-corrected chi connectivity index (χ4v) is 1.61. The number of nitro benzene ring substituents is 1. The smallest absolute Gasteiger partial charge is 0.269 e. The number of hydrogen-bond donors (Lipinski definition) is 1. The summed E-state index contributed by atoms with van der Waals surface area (Å²) in [6.45, 7) is 0.427. The van der Waals surface area contributed by atoms with Crippen LogP contribution in [0, 0.1) is 10.1 Å². The molecule has 1 amide bonds. The SMILES string of the molecule is O=C(NCc1ccccc1)c1ccc([N+](=O)[O-])cc1. The Kier molecular flexibility index (Phi) is 3.87. The van der Waals surface area contributed by atoms with Gasteiger partial charge in [0, 0.05) is 24.2 Å². The lowest BCUT2D eigenvalue weighted by Crippen LogP contribution is -2.22. The molecule has 0 atom stereocenters. The summed E-state index contributed by atoms with van der Waals surface area (Å²) >= 11 is 0. The van der Waals surface area contributed by atoms with Gasteiger partial charge in [-0.15, -0.1) is 0 Å². The first-order valence-corrected chi connectivity index (χ1v) is 5.73. The van der Waals surface area contributed by atoms with Gasteiger partial charge in [0.25, 0.3) is 11.6 Å². The Bertz CT molecular complexity index is 579. The number of benzene rings is 2. The highest BCUT2D eigenvalue weighted by Gasteiger charge is 2.08. The summed E-state index contributed by atoms with van der Waals surface area (Å²) in [5, 5.41) is 13.3. The van der Waals surface area contributed by atoms with Crippen molar-refractivity contribution in [3.05, 3.63) is 75.8 Å². The Hall–Kier alpha value is -2.69. The Labute approximate surface area is 110 Å². The minimum atomic E-state index is -0.494. The van der Waals surface area contributed by atoms with E-state index in [9.17, 15) is 14.9 Å². The molecule has 0 unspecified atom stereocenters. The minimum Gasteiger partial charge on any atom is -0.348 e. The zero-order valence-corrected chi connectivity index (χ0v) is 10.1. The maximum atomic E-state index is 11.8. The molecule has 0 aliphatic heterocycles. The number of rotatable bonds is 4. The first-order valence-electron chi connectivity index (χ1n) is 5.73. The molecule has 2 aromatic carbocycles. The molecule has 2 aromatic rings. The lowest BCUT2D eigenvalue weighted by molar-refractivity contribution is -0.384. The Morgan fingerprint density at radius 3 is 2.26 bits per heavy atom. The highest BCUT2D eigenvalue weighted by molar-refractivity contribution is 5.94. The molecular weight excluding hydrogens is 244 g/mol. The van der Waals surface area contributed by atoms with Gasteiger partial charge in [-0.25, -0.2) is 0 Å². The number of amides is 1. The highest BCUT2D eigenvalue weighted by atomic mass is 16.6. The summed E-state index contributed by atoms with van der Waals surface area (Å²) in [7, 11) is 0. The van der Waals surface area contributed by atoms with Gasteiger partial charge >= 0.3 is 0 Å². The number of non-ortho nitro benzene ring substituents is 1. The van der Waals surface area contributed by atoms with E-state index in [1.807, 2.05) is 30.3 Å². The second-order valence-electron chi connectivity index (χ2n) is 3.97. The van der Waals surface area contributed by atoms with Gasteiger partial charge in [0.05, 0.1) is 4.92 Å². The second kappa shape index (κ2) is 5.77. The van der Waals surface area contributed by atoms with Gasteiger partial charge in [0.1, 0.15) is 0 Å². The normalized spacial score (nSPS) is 9.89. The average Bonchev–Trinajstić information content (AvgIpc) is 2.46. The van der Waals surface area contributed by atoms with Crippen molar-refractivity contribution in [1.82, 2.24) is 5.32 Å². The second-order valence-corrected chi connectivity index (χ2v) is 3.97. The number of nitrogens with zero attached hydrogens (tertiary/aromatic N) is 1. The maximum Gasteiger partial charge on any atom is 0.269 e. The van der Waals surface area contributed by atoms with Gasteiger partial charge in [0.15, 0.2) is 0 Å². The molecule has 19 heavy (non-hydrogen) atoms. The van der Waals surface area contributed by atoms with Crippen LogP contribution in [0.25, 0.3) is 0 Å². The molecule has 0 aromatic heterocycles. The molecule has 1 N–H and O–H groups in total. The predicted octanol–water partition coefficient (Wildman–Crippen LogP) is 2.52. The van der Waals surface area contributed by atoms with Gasteiger partial charge in [-0.2, -0.15) is 0 Å². The standard InChI is InChI=1S/C14H12N2O3/c17-14(15-10-11-4-2-1-3-5-11)12-6-8-13(9-7-12)16(18)19/h1-9H,10H2,(H,15,17). The van der Waals surface area contributed by atoms with Crippen molar-refractivity contribution in [3.63, 3.8) is 0 Å². The molecule has 0 aliphatic carbocycles. The van der Waals surface area contributed by atoms with Crippen LogP contribution in [0.15, 0.2) is 54.6 Å². The number of carbonyl (C=O) groups is 1. The van der Waals surface area contributed by atoms with Crippen LogP contribution in [0.1, 0.15) is 15.9 Å². The van der Waals surface area contributed by atoms with Gasteiger partial charge < -0.3 is 5.32 Å². The Morgan fingerprint density at radius 1 is 1.05 bits per heavy atom. The van der Waals surface area contributed by atoms with Crippen molar-refractivity contribution in [1.29, 1.82) is 0 Å². The molecule has 0 saturated carbocycles. The Morgan fingerprint density at radius 2 is 1.68 bits per heavy atom. The van der Waals surface area contributed by atoms with Crippen molar-refractivity contribution >= 4 is 11.6 Å². The van der Waals surface area contributed by atoms with E-state index in [0.29, 0.717) is 12.1 Å². The van der Waals surface area contributed by atoms with Crippen LogP contribution in [0.2, 0.25) is 0 Å². The van der Waals surface area contributed by atoms with Crippen molar-refractivity contribution in [2.45, 2.75) is 6.54 Å². The van der Waals surface area contributed by atoms with Crippen LogP contribution in [-0.2, 0) is 6.54 Å². The first kappa shape index (κ1) is 12.8. The molecule has 5 nitrogen and oxygen atoms in total. The average molecular weight is 256 g/mol. The summed E-state index contributed by atoms with van der Waals surface area (Å²) in [6.07, 6.45) is 0. The molecule has 0 radical (unpaired) electrons. The fourth-order valence-electron chi connectivity index (χ4n) is 1.61. The van der Waals surface area contributed by atoms with Crippen molar-refractivity contribution in [3.8, 4) is 0 Å². The van der Waals surface area contributed by atoms with Crippen LogP contribution in [0.3, 0.4) is 0 Å². The topological polar surface area (TPSA) is 72.2 Å². The number of nitro groups is 1. The first-order chi connectivity index (χ1) is 9.16. The van der Waals surface area contributed by atoms with Crippen LogP contribution in [-0.4, -0.2) is 10.8 Å². The zero-order valence-electron chi connectivity index (χ0n) is 10.1. The zero-order chi connectivity index (χ0) is 13.7. The van der Waals surface area contributed by atoms with Gasteiger partial charge in [-0.1, -0.05) is 30.3 Å². The lowest BCUT2D eigenvalue weighted by atomic mass is 10.2. The third kappa shape index (κ3) is 3.38. The van der Waals surface area contributed by atoms with E-state index < -0.39 is 4.92 Å². The van der Waals surface area contributed by atoms with Gasteiger partial charge in [-0.3, -0.25) is 14.9 Å². The molecule has 0 fully saturated rings. The van der Waals surface area contributed by atoms with Gasteiger partial charge in [0.2, 0.25) is 0 Å². The number of nitrogens with one attached hydrogen (secondary N) is 1. The molecule has 0 spiro atoms. The molecule has 2 rings (SSSR count). The van der Waals surface area contributed by atoms with Crippen LogP contribution in [0.4, 0.5) is 5.69 Å². The number of carbonyl (C=O) groups excluding carboxylic acids is 1. The highest BCUT2D eigenvalue weighted by Crippen LogP contribution is 2.11. The quantitative estimate of drug-likeness (QED) is 0.674. The molecule has 0 heterocycles.